The molecule has 11 heteroatoms. The molecule has 0 aliphatic carbocycles. The Bertz CT molecular complexity index is 1470. The first kappa shape index (κ1) is 24.3. The Balaban J connectivity index is 1.52. The molecule has 0 bridgehead atoms. The van der Waals surface area contributed by atoms with Gasteiger partial charge in [0.2, 0.25) is 0 Å². The molecule has 6 nitrogen and oxygen atoms in total. The van der Waals surface area contributed by atoms with Crippen molar-refractivity contribution in [1.29, 1.82) is 0 Å². The molecular formula is C25H21F4N5OS. The molecule has 1 aliphatic rings. The van der Waals surface area contributed by atoms with E-state index in [4.69, 9.17) is 5.73 Å². The number of carbonyl (C=O) groups is 1. The van der Waals surface area contributed by atoms with E-state index in [2.05, 4.69) is 19.9 Å². The molecule has 186 valence electrons. The summed E-state index contributed by atoms with van der Waals surface area (Å²) in [5.74, 6) is -2.05. The number of nitrogens with two attached hydrogens (primary N) is 1. The van der Waals surface area contributed by atoms with E-state index < -0.39 is 34.7 Å². The van der Waals surface area contributed by atoms with Crippen molar-refractivity contribution in [3.8, 4) is 11.4 Å². The second kappa shape index (κ2) is 9.21. The number of aromatic nitrogens is 3. The first-order valence-corrected chi connectivity index (χ1v) is 12.1. The van der Waals surface area contributed by atoms with Crippen LogP contribution in [0.4, 0.5) is 23.2 Å². The van der Waals surface area contributed by atoms with Crippen LogP contribution in [0, 0.1) is 12.7 Å². The molecular weight excluding hydrogens is 494 g/mol. The summed E-state index contributed by atoms with van der Waals surface area (Å²) in [7, 11) is 0. The number of anilines is 1. The number of hydrogen-bond donors (Lipinski definition) is 1. The van der Waals surface area contributed by atoms with Gasteiger partial charge in [0.15, 0.2) is 11.6 Å². The second-order valence-electron chi connectivity index (χ2n) is 8.67. The van der Waals surface area contributed by atoms with E-state index in [1.165, 1.54) is 6.07 Å². The van der Waals surface area contributed by atoms with Crippen LogP contribution in [-0.4, -0.2) is 39.9 Å². The monoisotopic (exact) mass is 515 g/mol. The normalized spacial score (nSPS) is 16.2. The van der Waals surface area contributed by atoms with Gasteiger partial charge < -0.3 is 10.6 Å². The summed E-state index contributed by atoms with van der Waals surface area (Å²) in [6, 6.07) is 7.72. The molecule has 0 amide bonds. The molecule has 5 rings (SSSR count). The highest BCUT2D eigenvalue weighted by molar-refractivity contribution is 7.18. The molecule has 2 aromatic heterocycles. The van der Waals surface area contributed by atoms with Crippen molar-refractivity contribution in [2.45, 2.75) is 32.0 Å². The van der Waals surface area contributed by atoms with Gasteiger partial charge in [-0.25, -0.2) is 19.3 Å². The first-order valence-electron chi connectivity index (χ1n) is 11.2. The van der Waals surface area contributed by atoms with Crippen molar-refractivity contribution in [3.05, 3.63) is 70.2 Å². The van der Waals surface area contributed by atoms with Crippen LogP contribution in [-0.2, 0) is 12.6 Å². The predicted octanol–water partition coefficient (Wildman–Crippen LogP) is 5.18. The molecule has 0 radical (unpaired) electrons. The van der Waals surface area contributed by atoms with Crippen LogP contribution in [0.15, 0.2) is 42.6 Å². The summed E-state index contributed by atoms with van der Waals surface area (Å²) in [5.41, 5.74) is 6.38. The number of hydrogen-bond acceptors (Lipinski definition) is 7. The van der Waals surface area contributed by atoms with Gasteiger partial charge >= 0.3 is 6.18 Å². The number of Topliss-reactive ketones (excluding diaryl/α,β-unsaturated/α-hetero) is 1. The number of carbonyl (C=O) groups excluding carboxylic acids is 1. The summed E-state index contributed by atoms with van der Waals surface area (Å²) in [6.45, 7) is 3.26. The van der Waals surface area contributed by atoms with Gasteiger partial charge in [-0.3, -0.25) is 4.79 Å². The molecule has 4 aromatic rings. The lowest BCUT2D eigenvalue weighted by Crippen LogP contribution is -2.27. The minimum atomic E-state index is -4.81. The van der Waals surface area contributed by atoms with Gasteiger partial charge in [0, 0.05) is 31.7 Å². The summed E-state index contributed by atoms with van der Waals surface area (Å²) < 4.78 is 56.0. The van der Waals surface area contributed by atoms with Gasteiger partial charge in [-0.2, -0.15) is 13.2 Å². The number of rotatable bonds is 5. The van der Waals surface area contributed by atoms with Crippen LogP contribution in [0.1, 0.15) is 33.0 Å². The largest absolute Gasteiger partial charge is 0.417 e. The third-order valence-electron chi connectivity index (χ3n) is 6.10. The van der Waals surface area contributed by atoms with E-state index >= 15 is 0 Å². The van der Waals surface area contributed by atoms with Gasteiger partial charge in [0.1, 0.15) is 17.0 Å². The lowest BCUT2D eigenvalue weighted by molar-refractivity contribution is -0.137. The average molecular weight is 516 g/mol. The van der Waals surface area contributed by atoms with Crippen LogP contribution in [0.25, 0.3) is 21.6 Å². The molecule has 0 spiro atoms. The van der Waals surface area contributed by atoms with Gasteiger partial charge in [0.25, 0.3) is 0 Å². The summed E-state index contributed by atoms with van der Waals surface area (Å²) in [6.07, 6.45) is -2.90. The number of ketones is 1. The number of benzene rings is 2. The van der Waals surface area contributed by atoms with E-state index in [9.17, 15) is 22.4 Å². The molecule has 0 saturated carbocycles. The van der Waals surface area contributed by atoms with E-state index in [0.29, 0.717) is 12.1 Å². The molecule has 1 saturated heterocycles. The molecule has 1 fully saturated rings. The fourth-order valence-electron chi connectivity index (χ4n) is 4.50. The van der Waals surface area contributed by atoms with E-state index in [0.717, 1.165) is 58.3 Å². The molecule has 3 heterocycles. The van der Waals surface area contributed by atoms with Crippen molar-refractivity contribution in [2.24, 2.45) is 5.73 Å². The molecule has 2 aromatic carbocycles. The Hall–Kier alpha value is -3.44. The molecule has 2 N–H and O–H groups in total. The Labute approximate surface area is 207 Å². The zero-order valence-corrected chi connectivity index (χ0v) is 20.0. The van der Waals surface area contributed by atoms with Crippen LogP contribution in [0.2, 0.25) is 0 Å². The minimum Gasteiger partial charge on any atom is -0.368 e. The average Bonchev–Trinajstić information content (AvgIpc) is 3.42. The quantitative estimate of drug-likeness (QED) is 0.291. The van der Waals surface area contributed by atoms with Crippen LogP contribution < -0.4 is 10.6 Å². The smallest absolute Gasteiger partial charge is 0.368 e. The Morgan fingerprint density at radius 3 is 2.72 bits per heavy atom. The van der Waals surface area contributed by atoms with E-state index in [1.807, 2.05) is 19.1 Å². The fraction of sp³-hybridized carbons (Fsp3) is 0.280. The van der Waals surface area contributed by atoms with E-state index in [1.54, 1.807) is 11.3 Å². The van der Waals surface area contributed by atoms with Gasteiger partial charge in [-0.1, -0.05) is 12.1 Å². The number of fused-ring (bicyclic) bond motifs is 1. The number of thiazole rings is 1. The van der Waals surface area contributed by atoms with Crippen molar-refractivity contribution in [2.75, 3.05) is 18.0 Å². The standard InChI is InChI=1S/C25H21F4N5OS/c1-13-32-22-20(36-13)6-5-14(23(22)34-10-8-15(30)12-34)11-19(35)18-7-9-31-24(33-18)21-16(25(27,28)29)3-2-4-17(21)26/h2-7,9,15H,8,10-12,30H2,1H3/t15-/m1/s1. The van der Waals surface area contributed by atoms with Crippen molar-refractivity contribution >= 4 is 33.0 Å². The summed E-state index contributed by atoms with van der Waals surface area (Å²) in [5, 5.41) is 0.893. The Morgan fingerprint density at radius 2 is 2.00 bits per heavy atom. The van der Waals surface area contributed by atoms with Crippen molar-refractivity contribution in [3.63, 3.8) is 0 Å². The van der Waals surface area contributed by atoms with Gasteiger partial charge in [-0.05, 0) is 43.2 Å². The SMILES string of the molecule is Cc1nc2c(N3CC[C@@H](N)C3)c(CC(=O)c3ccnc(-c4c(F)cccc4C(F)(F)F)n3)ccc2s1. The van der Waals surface area contributed by atoms with Crippen LogP contribution >= 0.6 is 11.3 Å². The zero-order valence-electron chi connectivity index (χ0n) is 19.1. The summed E-state index contributed by atoms with van der Waals surface area (Å²) in [4.78, 5) is 27.9. The number of aryl methyl sites for hydroxylation is 1. The van der Waals surface area contributed by atoms with E-state index in [-0.39, 0.29) is 18.2 Å². The fourth-order valence-corrected chi connectivity index (χ4v) is 5.33. The summed E-state index contributed by atoms with van der Waals surface area (Å²) >= 11 is 1.55. The lowest BCUT2D eigenvalue weighted by atomic mass is 10.0. The molecule has 0 unspecified atom stereocenters. The Kier molecular flexibility index (Phi) is 6.21. The zero-order chi connectivity index (χ0) is 25.6. The second-order valence-corrected chi connectivity index (χ2v) is 9.91. The van der Waals surface area contributed by atoms with Gasteiger partial charge in [0.05, 0.1) is 26.5 Å². The predicted molar refractivity (Wildman–Crippen MR) is 130 cm³/mol. The minimum absolute atomic E-state index is 0.0107. The number of alkyl halides is 3. The first-order chi connectivity index (χ1) is 17.1. The van der Waals surface area contributed by atoms with Gasteiger partial charge in [-0.15, -0.1) is 11.3 Å². The van der Waals surface area contributed by atoms with Crippen LogP contribution in [0.3, 0.4) is 0 Å². The highest BCUT2D eigenvalue weighted by atomic mass is 32.1. The topological polar surface area (TPSA) is 85.0 Å². The third-order valence-corrected chi connectivity index (χ3v) is 7.04. The maximum absolute atomic E-state index is 14.5. The highest BCUT2D eigenvalue weighted by Gasteiger charge is 2.36. The lowest BCUT2D eigenvalue weighted by Gasteiger charge is -2.22. The highest BCUT2D eigenvalue weighted by Crippen LogP contribution is 2.38. The third kappa shape index (κ3) is 4.56. The molecule has 36 heavy (non-hydrogen) atoms. The number of nitrogens with zero attached hydrogens (tertiary/aromatic N) is 4. The molecule has 1 atom stereocenters. The van der Waals surface area contributed by atoms with Crippen molar-refractivity contribution in [1.82, 2.24) is 15.0 Å². The maximum Gasteiger partial charge on any atom is 0.417 e. The van der Waals surface area contributed by atoms with Crippen LogP contribution in [0.5, 0.6) is 0 Å². The Morgan fingerprint density at radius 1 is 1.19 bits per heavy atom. The maximum atomic E-state index is 14.5. The van der Waals surface area contributed by atoms with Crippen molar-refractivity contribution < 1.29 is 22.4 Å². The number of halogens is 4. The molecule has 1 aliphatic heterocycles.